The van der Waals surface area contributed by atoms with Gasteiger partial charge in [-0.05, 0) is 42.7 Å². The zero-order valence-corrected chi connectivity index (χ0v) is 21.0. The smallest absolute Gasteiger partial charge is 0.344 e. The van der Waals surface area contributed by atoms with Gasteiger partial charge in [0.25, 0.3) is 5.56 Å². The molecular formula is C27H26N2O6S. The minimum atomic E-state index is -0.647. The van der Waals surface area contributed by atoms with Gasteiger partial charge in [0.15, 0.2) is 11.4 Å². The van der Waals surface area contributed by atoms with Gasteiger partial charge in [-0.15, -0.1) is 0 Å². The number of benzene rings is 2. The van der Waals surface area contributed by atoms with E-state index in [-0.39, 0.29) is 18.8 Å². The van der Waals surface area contributed by atoms with Gasteiger partial charge < -0.3 is 14.2 Å². The number of esters is 2. The first-order valence-corrected chi connectivity index (χ1v) is 12.3. The lowest BCUT2D eigenvalue weighted by Gasteiger charge is -2.25. The Kier molecular flexibility index (Phi) is 7.80. The van der Waals surface area contributed by atoms with Crippen LogP contribution in [0.2, 0.25) is 0 Å². The van der Waals surface area contributed by atoms with Crippen LogP contribution in [0.3, 0.4) is 0 Å². The second kappa shape index (κ2) is 11.2. The number of fused-ring (bicyclic) bond motifs is 1. The lowest BCUT2D eigenvalue weighted by atomic mass is 9.95. The Balaban J connectivity index is 1.80. The summed E-state index contributed by atoms with van der Waals surface area (Å²) in [4.78, 5) is 43.2. The van der Waals surface area contributed by atoms with Gasteiger partial charge in [-0.1, -0.05) is 60.7 Å². The van der Waals surface area contributed by atoms with Gasteiger partial charge in [-0.3, -0.25) is 9.36 Å². The lowest BCUT2D eigenvalue weighted by Crippen LogP contribution is -2.40. The van der Waals surface area contributed by atoms with Crippen LogP contribution in [0.1, 0.15) is 37.4 Å². The van der Waals surface area contributed by atoms with Crippen molar-refractivity contribution < 1.29 is 23.8 Å². The summed E-state index contributed by atoms with van der Waals surface area (Å²) in [6, 6.07) is 15.8. The van der Waals surface area contributed by atoms with Crippen molar-refractivity contribution in [3.63, 3.8) is 0 Å². The molecular weight excluding hydrogens is 480 g/mol. The molecule has 1 aliphatic rings. The van der Waals surface area contributed by atoms with E-state index in [1.807, 2.05) is 43.3 Å². The SMILES string of the molecule is CCOC(=O)COc1cccc(/C=c2/sc3n(c2=O)[C@@H](c2ccccc2)C(C(=O)OC)=C(CC)N=3)c1. The third kappa shape index (κ3) is 5.16. The predicted molar refractivity (Wildman–Crippen MR) is 135 cm³/mol. The highest BCUT2D eigenvalue weighted by Gasteiger charge is 2.33. The maximum absolute atomic E-state index is 13.6. The van der Waals surface area contributed by atoms with E-state index >= 15 is 0 Å². The van der Waals surface area contributed by atoms with Crippen molar-refractivity contribution in [3.05, 3.63) is 96.7 Å². The van der Waals surface area contributed by atoms with Gasteiger partial charge in [0.05, 0.1) is 35.6 Å². The molecule has 2 aromatic carbocycles. The number of rotatable bonds is 8. The van der Waals surface area contributed by atoms with Gasteiger partial charge in [-0.25, -0.2) is 14.6 Å². The van der Waals surface area contributed by atoms with Crippen LogP contribution >= 0.6 is 11.3 Å². The Hall–Kier alpha value is -3.98. The molecule has 0 radical (unpaired) electrons. The number of ether oxygens (including phenoxy) is 3. The normalized spacial score (nSPS) is 15.2. The summed E-state index contributed by atoms with van der Waals surface area (Å²) in [5.74, 6) is -0.483. The summed E-state index contributed by atoms with van der Waals surface area (Å²) in [7, 11) is 1.33. The molecule has 0 bridgehead atoms. The number of carbonyl (C=O) groups is 2. The maximum Gasteiger partial charge on any atom is 0.344 e. The Morgan fingerprint density at radius 2 is 1.89 bits per heavy atom. The van der Waals surface area contributed by atoms with Crippen LogP contribution in [-0.2, 0) is 19.1 Å². The Labute approximate surface area is 211 Å². The second-order valence-electron chi connectivity index (χ2n) is 7.87. The van der Waals surface area contributed by atoms with Gasteiger partial charge >= 0.3 is 11.9 Å². The van der Waals surface area contributed by atoms with E-state index in [9.17, 15) is 14.4 Å². The fourth-order valence-electron chi connectivity index (χ4n) is 4.01. The van der Waals surface area contributed by atoms with Crippen LogP contribution in [0.4, 0.5) is 0 Å². The quantitative estimate of drug-likeness (QED) is 0.436. The van der Waals surface area contributed by atoms with Gasteiger partial charge in [-0.2, -0.15) is 0 Å². The summed E-state index contributed by atoms with van der Waals surface area (Å²) in [5.41, 5.74) is 2.21. The molecule has 0 aliphatic carbocycles. The molecule has 186 valence electrons. The average Bonchev–Trinajstić information content (AvgIpc) is 3.21. The van der Waals surface area contributed by atoms with Gasteiger partial charge in [0.1, 0.15) is 5.75 Å². The van der Waals surface area contributed by atoms with Crippen LogP contribution in [0.25, 0.3) is 6.08 Å². The van der Waals surface area contributed by atoms with Crippen LogP contribution in [-0.4, -0.2) is 36.8 Å². The first kappa shape index (κ1) is 25.1. The molecule has 0 fully saturated rings. The fourth-order valence-corrected chi connectivity index (χ4v) is 5.03. The Morgan fingerprint density at radius 1 is 1.11 bits per heavy atom. The number of carbonyl (C=O) groups excluding carboxylic acids is 2. The molecule has 0 spiro atoms. The topological polar surface area (TPSA) is 96.2 Å². The molecule has 2 heterocycles. The number of hydrogen-bond acceptors (Lipinski definition) is 8. The second-order valence-corrected chi connectivity index (χ2v) is 8.87. The number of methoxy groups -OCH3 is 1. The van der Waals surface area contributed by atoms with Crippen molar-refractivity contribution in [1.29, 1.82) is 0 Å². The van der Waals surface area contributed by atoms with Crippen molar-refractivity contribution in [1.82, 2.24) is 4.57 Å². The van der Waals surface area contributed by atoms with E-state index < -0.39 is 18.0 Å². The third-order valence-corrected chi connectivity index (χ3v) is 6.57. The zero-order chi connectivity index (χ0) is 25.7. The lowest BCUT2D eigenvalue weighted by molar-refractivity contribution is -0.145. The highest BCUT2D eigenvalue weighted by molar-refractivity contribution is 7.07. The van der Waals surface area contributed by atoms with Crippen molar-refractivity contribution in [2.45, 2.75) is 26.3 Å². The molecule has 0 unspecified atom stereocenters. The summed E-state index contributed by atoms with van der Waals surface area (Å²) in [6.07, 6.45) is 2.26. The van der Waals surface area contributed by atoms with Crippen molar-refractivity contribution in [3.8, 4) is 5.75 Å². The molecule has 8 nitrogen and oxygen atoms in total. The van der Waals surface area contributed by atoms with Gasteiger partial charge in [0.2, 0.25) is 0 Å². The number of thiazole rings is 1. The molecule has 1 aliphatic heterocycles. The predicted octanol–water partition coefficient (Wildman–Crippen LogP) is 2.74. The highest BCUT2D eigenvalue weighted by Crippen LogP contribution is 2.31. The summed E-state index contributed by atoms with van der Waals surface area (Å²) >= 11 is 1.25. The largest absolute Gasteiger partial charge is 0.482 e. The molecule has 1 aromatic heterocycles. The molecule has 4 rings (SSSR count). The third-order valence-electron chi connectivity index (χ3n) is 5.58. The van der Waals surface area contributed by atoms with Crippen molar-refractivity contribution in [2.24, 2.45) is 4.99 Å². The van der Waals surface area contributed by atoms with E-state index in [1.165, 1.54) is 18.4 Å². The number of allylic oxidation sites excluding steroid dienone is 1. The van der Waals surface area contributed by atoms with E-state index in [0.29, 0.717) is 32.8 Å². The summed E-state index contributed by atoms with van der Waals surface area (Å²) in [5, 5.41) is 0. The minimum Gasteiger partial charge on any atom is -0.482 e. The van der Waals surface area contributed by atoms with Crippen molar-refractivity contribution in [2.75, 3.05) is 20.3 Å². The highest BCUT2D eigenvalue weighted by atomic mass is 32.1. The Morgan fingerprint density at radius 3 is 2.58 bits per heavy atom. The number of hydrogen-bond donors (Lipinski definition) is 0. The monoisotopic (exact) mass is 506 g/mol. The van der Waals surface area contributed by atoms with Gasteiger partial charge in [0, 0.05) is 0 Å². The summed E-state index contributed by atoms with van der Waals surface area (Å²) in [6.45, 7) is 3.73. The zero-order valence-electron chi connectivity index (χ0n) is 20.2. The summed E-state index contributed by atoms with van der Waals surface area (Å²) < 4.78 is 17.5. The van der Waals surface area contributed by atoms with E-state index in [1.54, 1.807) is 35.8 Å². The van der Waals surface area contributed by atoms with E-state index in [0.717, 1.165) is 11.1 Å². The molecule has 9 heteroatoms. The fraction of sp³-hybridized carbons (Fsp3) is 0.259. The number of nitrogens with zero attached hydrogens (tertiary/aromatic N) is 2. The first-order chi connectivity index (χ1) is 17.5. The maximum atomic E-state index is 13.6. The molecule has 36 heavy (non-hydrogen) atoms. The molecule has 0 amide bonds. The van der Waals surface area contributed by atoms with E-state index in [4.69, 9.17) is 14.2 Å². The van der Waals surface area contributed by atoms with Crippen molar-refractivity contribution >= 4 is 29.4 Å². The standard InChI is InChI=1S/C27H26N2O6S/c1-4-20-23(26(32)33-3)24(18-11-7-6-8-12-18)29-25(31)21(36-27(29)28-20)15-17-10-9-13-19(14-17)35-16-22(30)34-5-2/h6-15,24H,4-5,16H2,1-3H3/b21-15+/t24-/m0/s1. The molecule has 0 saturated carbocycles. The first-order valence-electron chi connectivity index (χ1n) is 11.5. The minimum absolute atomic E-state index is 0.202. The number of aromatic nitrogens is 1. The molecule has 1 atom stereocenters. The Bertz CT molecular complexity index is 1490. The average molecular weight is 507 g/mol. The molecule has 3 aromatic rings. The van der Waals surface area contributed by atoms with Crippen LogP contribution in [0.15, 0.2) is 75.7 Å². The molecule has 0 N–H and O–H groups in total. The van der Waals surface area contributed by atoms with E-state index in [2.05, 4.69) is 4.99 Å². The van der Waals surface area contributed by atoms with Crippen LogP contribution in [0, 0.1) is 0 Å². The van der Waals surface area contributed by atoms with Crippen LogP contribution in [0.5, 0.6) is 5.75 Å². The van der Waals surface area contributed by atoms with Crippen LogP contribution < -0.4 is 19.6 Å². The molecule has 0 saturated heterocycles.